The van der Waals surface area contributed by atoms with Gasteiger partial charge in [0.05, 0.1) is 6.61 Å². The van der Waals surface area contributed by atoms with Crippen molar-refractivity contribution < 1.29 is 9.53 Å². The van der Waals surface area contributed by atoms with Crippen molar-refractivity contribution in [3.05, 3.63) is 35.4 Å². The van der Waals surface area contributed by atoms with E-state index in [1.165, 1.54) is 5.56 Å². The van der Waals surface area contributed by atoms with Gasteiger partial charge in [-0.2, -0.15) is 0 Å². The van der Waals surface area contributed by atoms with Crippen molar-refractivity contribution in [2.75, 3.05) is 26.3 Å². The molecule has 0 aliphatic carbocycles. The minimum Gasteiger partial charge on any atom is -0.370 e. The molecule has 0 aromatic heterocycles. The highest BCUT2D eigenvalue weighted by Crippen LogP contribution is 2.18. The fraction of sp³-hybridized carbons (Fsp3) is 0.533. The van der Waals surface area contributed by atoms with Crippen LogP contribution in [0.4, 0.5) is 0 Å². The SMILES string of the molecule is CC(C)c1ccc(C(N)CN2CCOCC2=O)cc1. The van der Waals surface area contributed by atoms with Gasteiger partial charge in [-0.3, -0.25) is 4.79 Å². The molecular weight excluding hydrogens is 240 g/mol. The summed E-state index contributed by atoms with van der Waals surface area (Å²) in [6, 6.07) is 8.21. The first-order chi connectivity index (χ1) is 9.08. The van der Waals surface area contributed by atoms with E-state index in [1.807, 2.05) is 0 Å². The quantitative estimate of drug-likeness (QED) is 0.898. The van der Waals surface area contributed by atoms with Crippen LogP contribution in [0.15, 0.2) is 24.3 Å². The Bertz CT molecular complexity index is 428. The van der Waals surface area contributed by atoms with Gasteiger partial charge in [-0.15, -0.1) is 0 Å². The Morgan fingerprint density at radius 2 is 1.89 bits per heavy atom. The van der Waals surface area contributed by atoms with E-state index in [4.69, 9.17) is 10.5 Å². The largest absolute Gasteiger partial charge is 0.370 e. The minimum absolute atomic E-state index is 0.0282. The second kappa shape index (κ2) is 6.17. The van der Waals surface area contributed by atoms with E-state index >= 15 is 0 Å². The first-order valence-corrected chi connectivity index (χ1v) is 6.79. The molecule has 1 aliphatic rings. The van der Waals surface area contributed by atoms with Crippen molar-refractivity contribution in [1.29, 1.82) is 0 Å². The lowest BCUT2D eigenvalue weighted by molar-refractivity contribution is -0.142. The number of rotatable bonds is 4. The van der Waals surface area contributed by atoms with Gasteiger partial charge in [0.15, 0.2) is 0 Å². The van der Waals surface area contributed by atoms with E-state index in [-0.39, 0.29) is 18.6 Å². The maximum atomic E-state index is 11.6. The summed E-state index contributed by atoms with van der Waals surface area (Å²) in [5.74, 6) is 0.548. The molecule has 4 heteroatoms. The third-order valence-corrected chi connectivity index (χ3v) is 3.53. The summed E-state index contributed by atoms with van der Waals surface area (Å²) in [6.07, 6.45) is 0. The van der Waals surface area contributed by atoms with Crippen LogP contribution in [0, 0.1) is 0 Å². The van der Waals surface area contributed by atoms with E-state index in [0.717, 1.165) is 5.56 Å². The van der Waals surface area contributed by atoms with Crippen molar-refractivity contribution in [1.82, 2.24) is 4.90 Å². The fourth-order valence-electron chi connectivity index (χ4n) is 2.21. The Morgan fingerprint density at radius 3 is 2.47 bits per heavy atom. The van der Waals surface area contributed by atoms with Crippen molar-refractivity contribution in [3.63, 3.8) is 0 Å². The molecule has 1 aromatic carbocycles. The van der Waals surface area contributed by atoms with Gasteiger partial charge in [0, 0.05) is 19.1 Å². The molecule has 0 spiro atoms. The van der Waals surface area contributed by atoms with Gasteiger partial charge in [0.25, 0.3) is 0 Å². The predicted octanol–water partition coefficient (Wildman–Crippen LogP) is 1.67. The molecule has 104 valence electrons. The van der Waals surface area contributed by atoms with Crippen LogP contribution in [-0.2, 0) is 9.53 Å². The maximum absolute atomic E-state index is 11.6. The zero-order chi connectivity index (χ0) is 13.8. The van der Waals surface area contributed by atoms with Gasteiger partial charge < -0.3 is 15.4 Å². The van der Waals surface area contributed by atoms with Gasteiger partial charge in [0.1, 0.15) is 6.61 Å². The van der Waals surface area contributed by atoms with Crippen molar-refractivity contribution in [3.8, 4) is 0 Å². The lowest BCUT2D eigenvalue weighted by atomic mass is 9.99. The van der Waals surface area contributed by atoms with Gasteiger partial charge in [-0.25, -0.2) is 0 Å². The van der Waals surface area contributed by atoms with E-state index in [2.05, 4.69) is 38.1 Å². The van der Waals surface area contributed by atoms with Crippen molar-refractivity contribution >= 4 is 5.91 Å². The highest BCUT2D eigenvalue weighted by Gasteiger charge is 2.21. The van der Waals surface area contributed by atoms with Crippen LogP contribution in [0.25, 0.3) is 0 Å². The first-order valence-electron chi connectivity index (χ1n) is 6.79. The van der Waals surface area contributed by atoms with Gasteiger partial charge in [-0.1, -0.05) is 38.1 Å². The highest BCUT2D eigenvalue weighted by molar-refractivity contribution is 5.78. The summed E-state index contributed by atoms with van der Waals surface area (Å²) >= 11 is 0. The smallest absolute Gasteiger partial charge is 0.248 e. The number of amides is 1. The number of hydrogen-bond donors (Lipinski definition) is 1. The molecule has 2 N–H and O–H groups in total. The Kier molecular flexibility index (Phi) is 4.56. The molecule has 1 saturated heterocycles. The summed E-state index contributed by atoms with van der Waals surface area (Å²) in [4.78, 5) is 13.4. The summed E-state index contributed by atoms with van der Waals surface area (Å²) in [7, 11) is 0. The number of carbonyl (C=O) groups excluding carboxylic acids is 1. The maximum Gasteiger partial charge on any atom is 0.248 e. The number of carbonyl (C=O) groups is 1. The molecular formula is C15H22N2O2. The zero-order valence-electron chi connectivity index (χ0n) is 11.6. The Morgan fingerprint density at radius 1 is 1.26 bits per heavy atom. The van der Waals surface area contributed by atoms with E-state index in [1.54, 1.807) is 4.90 Å². The molecule has 0 saturated carbocycles. The van der Waals surface area contributed by atoms with E-state index in [9.17, 15) is 4.79 Å². The lowest BCUT2D eigenvalue weighted by Crippen LogP contribution is -2.44. The summed E-state index contributed by atoms with van der Waals surface area (Å²) < 4.78 is 5.11. The van der Waals surface area contributed by atoms with Gasteiger partial charge in [0.2, 0.25) is 5.91 Å². The molecule has 4 nitrogen and oxygen atoms in total. The molecule has 1 amide bonds. The molecule has 1 fully saturated rings. The molecule has 1 atom stereocenters. The van der Waals surface area contributed by atoms with Gasteiger partial charge >= 0.3 is 0 Å². The highest BCUT2D eigenvalue weighted by atomic mass is 16.5. The summed E-state index contributed by atoms with van der Waals surface area (Å²) in [5, 5.41) is 0. The van der Waals surface area contributed by atoms with Crippen LogP contribution in [0.5, 0.6) is 0 Å². The average Bonchev–Trinajstić information content (AvgIpc) is 2.41. The molecule has 19 heavy (non-hydrogen) atoms. The van der Waals surface area contributed by atoms with Crippen LogP contribution in [-0.4, -0.2) is 37.1 Å². The summed E-state index contributed by atoms with van der Waals surface area (Å²) in [5.41, 5.74) is 8.56. The predicted molar refractivity (Wildman–Crippen MR) is 74.9 cm³/mol. The fourth-order valence-corrected chi connectivity index (χ4v) is 2.21. The lowest BCUT2D eigenvalue weighted by Gasteiger charge is -2.29. The number of benzene rings is 1. The van der Waals surface area contributed by atoms with Crippen LogP contribution in [0.3, 0.4) is 0 Å². The van der Waals surface area contributed by atoms with E-state index in [0.29, 0.717) is 25.6 Å². The van der Waals surface area contributed by atoms with E-state index < -0.39 is 0 Å². The van der Waals surface area contributed by atoms with Crippen molar-refractivity contribution in [2.24, 2.45) is 5.73 Å². The molecule has 0 radical (unpaired) electrons. The van der Waals surface area contributed by atoms with Crippen LogP contribution >= 0.6 is 0 Å². The number of nitrogens with two attached hydrogens (primary N) is 1. The Balaban J connectivity index is 1.98. The second-order valence-corrected chi connectivity index (χ2v) is 5.32. The molecule has 1 aliphatic heterocycles. The third-order valence-electron chi connectivity index (χ3n) is 3.53. The minimum atomic E-state index is -0.136. The zero-order valence-corrected chi connectivity index (χ0v) is 11.6. The first kappa shape index (κ1) is 14.0. The molecule has 0 bridgehead atoms. The number of nitrogens with zero attached hydrogens (tertiary/aromatic N) is 1. The Labute approximate surface area is 114 Å². The number of morpholine rings is 1. The topological polar surface area (TPSA) is 55.6 Å². The van der Waals surface area contributed by atoms with Crippen LogP contribution < -0.4 is 5.73 Å². The van der Waals surface area contributed by atoms with Crippen molar-refractivity contribution in [2.45, 2.75) is 25.8 Å². The number of ether oxygens (including phenoxy) is 1. The Hall–Kier alpha value is -1.39. The number of hydrogen-bond acceptors (Lipinski definition) is 3. The van der Waals surface area contributed by atoms with Crippen LogP contribution in [0.1, 0.15) is 36.9 Å². The molecule has 1 unspecified atom stereocenters. The molecule has 1 heterocycles. The standard InChI is InChI=1S/C15H22N2O2/c1-11(2)12-3-5-13(6-4-12)14(16)9-17-7-8-19-10-15(17)18/h3-6,11,14H,7-10,16H2,1-2H3. The average molecular weight is 262 g/mol. The normalized spacial score (nSPS) is 17.9. The third kappa shape index (κ3) is 3.55. The molecule has 1 aromatic rings. The van der Waals surface area contributed by atoms with Crippen LogP contribution in [0.2, 0.25) is 0 Å². The van der Waals surface area contributed by atoms with Gasteiger partial charge in [-0.05, 0) is 17.0 Å². The monoisotopic (exact) mass is 262 g/mol. The second-order valence-electron chi connectivity index (χ2n) is 5.32. The summed E-state index contributed by atoms with van der Waals surface area (Å²) in [6.45, 7) is 6.31. The molecule has 2 rings (SSSR count).